The van der Waals surface area contributed by atoms with E-state index in [1.807, 2.05) is 63.2 Å². The highest BCUT2D eigenvalue weighted by atomic mass is 16.5. The smallest absolute Gasteiger partial charge is 0.338 e. The van der Waals surface area contributed by atoms with E-state index >= 15 is 0 Å². The van der Waals surface area contributed by atoms with Crippen LogP contribution in [-0.2, 0) is 9.53 Å². The first-order valence-electron chi connectivity index (χ1n) is 7.56. The van der Waals surface area contributed by atoms with E-state index in [4.69, 9.17) is 4.74 Å². The number of hydrogen-bond acceptors (Lipinski definition) is 3. The van der Waals surface area contributed by atoms with Crippen molar-refractivity contribution in [2.45, 2.75) is 26.8 Å². The van der Waals surface area contributed by atoms with Gasteiger partial charge in [-0.3, -0.25) is 4.79 Å². The molecule has 23 heavy (non-hydrogen) atoms. The molecule has 0 fully saturated rings. The molecule has 0 bridgehead atoms. The molecule has 4 nitrogen and oxygen atoms in total. The number of hydrogen-bond donors (Lipinski definition) is 1. The number of carbonyl (C=O) groups excluding carboxylic acids is 2. The standard InChI is InChI=1S/C19H21NO3/c1-13-9-10-14(2)17(11-13)19(22)23-12-18(21)20-15(3)16-7-5-4-6-8-16/h4-11,15H,12H2,1-3H3,(H,20,21). The van der Waals surface area contributed by atoms with E-state index in [0.29, 0.717) is 5.56 Å². The normalized spacial score (nSPS) is 11.6. The van der Waals surface area contributed by atoms with Gasteiger partial charge in [0.2, 0.25) is 0 Å². The average molecular weight is 311 g/mol. The highest BCUT2D eigenvalue weighted by molar-refractivity contribution is 5.92. The van der Waals surface area contributed by atoms with Crippen LogP contribution in [-0.4, -0.2) is 18.5 Å². The largest absolute Gasteiger partial charge is 0.452 e. The summed E-state index contributed by atoms with van der Waals surface area (Å²) in [6, 6.07) is 15.1. The molecule has 0 aromatic heterocycles. The highest BCUT2D eigenvalue weighted by Gasteiger charge is 2.14. The fraction of sp³-hybridized carbons (Fsp3) is 0.263. The van der Waals surface area contributed by atoms with Crippen LogP contribution >= 0.6 is 0 Å². The lowest BCUT2D eigenvalue weighted by atomic mass is 10.1. The predicted octanol–water partition coefficient (Wildman–Crippen LogP) is 3.34. The Morgan fingerprint density at radius 1 is 1.09 bits per heavy atom. The molecule has 0 aliphatic heterocycles. The fourth-order valence-corrected chi connectivity index (χ4v) is 2.27. The molecule has 0 radical (unpaired) electrons. The van der Waals surface area contributed by atoms with Gasteiger partial charge in [-0.15, -0.1) is 0 Å². The zero-order valence-corrected chi connectivity index (χ0v) is 13.6. The van der Waals surface area contributed by atoms with Crippen molar-refractivity contribution in [1.82, 2.24) is 5.32 Å². The molecular formula is C19H21NO3. The van der Waals surface area contributed by atoms with Crippen molar-refractivity contribution >= 4 is 11.9 Å². The lowest BCUT2D eigenvalue weighted by molar-refractivity contribution is -0.124. The van der Waals surface area contributed by atoms with Crippen LogP contribution in [0.2, 0.25) is 0 Å². The van der Waals surface area contributed by atoms with Crippen LogP contribution in [0.1, 0.15) is 40.0 Å². The molecular weight excluding hydrogens is 290 g/mol. The van der Waals surface area contributed by atoms with Gasteiger partial charge in [0.15, 0.2) is 6.61 Å². The van der Waals surface area contributed by atoms with Crippen molar-refractivity contribution in [2.24, 2.45) is 0 Å². The first kappa shape index (κ1) is 16.7. The summed E-state index contributed by atoms with van der Waals surface area (Å²) in [4.78, 5) is 24.0. The molecule has 1 amide bonds. The molecule has 0 saturated heterocycles. The minimum Gasteiger partial charge on any atom is -0.452 e. The summed E-state index contributed by atoms with van der Waals surface area (Å²) < 4.78 is 5.11. The Kier molecular flexibility index (Phi) is 5.52. The van der Waals surface area contributed by atoms with Crippen molar-refractivity contribution in [3.8, 4) is 0 Å². The SMILES string of the molecule is Cc1ccc(C)c(C(=O)OCC(=O)NC(C)c2ccccc2)c1. The second kappa shape index (κ2) is 7.58. The Bertz CT molecular complexity index is 695. The van der Waals surface area contributed by atoms with Crippen LogP contribution in [0.3, 0.4) is 0 Å². The summed E-state index contributed by atoms with van der Waals surface area (Å²) in [7, 11) is 0. The van der Waals surface area contributed by atoms with Gasteiger partial charge in [0.1, 0.15) is 0 Å². The van der Waals surface area contributed by atoms with Crippen LogP contribution in [0.15, 0.2) is 48.5 Å². The number of ether oxygens (including phenoxy) is 1. The minimum atomic E-state index is -0.478. The summed E-state index contributed by atoms with van der Waals surface area (Å²) in [5.74, 6) is -0.797. The van der Waals surface area contributed by atoms with E-state index < -0.39 is 5.97 Å². The molecule has 1 N–H and O–H groups in total. The monoisotopic (exact) mass is 311 g/mol. The first-order valence-corrected chi connectivity index (χ1v) is 7.56. The van der Waals surface area contributed by atoms with Crippen molar-refractivity contribution in [1.29, 1.82) is 0 Å². The van der Waals surface area contributed by atoms with Crippen molar-refractivity contribution < 1.29 is 14.3 Å². The summed E-state index contributed by atoms with van der Waals surface area (Å²) in [6.07, 6.45) is 0. The highest BCUT2D eigenvalue weighted by Crippen LogP contribution is 2.13. The fourth-order valence-electron chi connectivity index (χ4n) is 2.27. The molecule has 0 aliphatic rings. The van der Waals surface area contributed by atoms with Crippen molar-refractivity contribution in [2.75, 3.05) is 6.61 Å². The van der Waals surface area contributed by atoms with Gasteiger partial charge in [-0.2, -0.15) is 0 Å². The molecule has 2 aromatic carbocycles. The quantitative estimate of drug-likeness (QED) is 0.862. The van der Waals surface area contributed by atoms with Gasteiger partial charge < -0.3 is 10.1 Å². The third kappa shape index (κ3) is 4.68. The Morgan fingerprint density at radius 2 is 1.78 bits per heavy atom. The van der Waals surface area contributed by atoms with Crippen molar-refractivity contribution in [3.05, 3.63) is 70.8 Å². The first-order chi connectivity index (χ1) is 11.0. The molecule has 0 aliphatic carbocycles. The number of amides is 1. The topological polar surface area (TPSA) is 55.4 Å². The van der Waals surface area contributed by atoms with Gasteiger partial charge >= 0.3 is 5.97 Å². The molecule has 0 saturated carbocycles. The molecule has 4 heteroatoms. The lowest BCUT2D eigenvalue weighted by Crippen LogP contribution is -2.31. The molecule has 0 spiro atoms. The predicted molar refractivity (Wildman–Crippen MR) is 89.2 cm³/mol. The Labute approximate surface area is 136 Å². The third-order valence-electron chi connectivity index (χ3n) is 3.62. The molecule has 120 valence electrons. The van der Waals surface area contributed by atoms with Gasteiger partial charge in [-0.25, -0.2) is 4.79 Å². The lowest BCUT2D eigenvalue weighted by Gasteiger charge is -2.14. The Balaban J connectivity index is 1.89. The number of aryl methyl sites for hydroxylation is 2. The molecule has 2 aromatic rings. The maximum Gasteiger partial charge on any atom is 0.338 e. The Hall–Kier alpha value is -2.62. The number of carbonyl (C=O) groups is 2. The second-order valence-electron chi connectivity index (χ2n) is 5.59. The average Bonchev–Trinajstić information content (AvgIpc) is 2.55. The van der Waals surface area contributed by atoms with Crippen molar-refractivity contribution in [3.63, 3.8) is 0 Å². The van der Waals surface area contributed by atoms with Gasteiger partial charge in [0.25, 0.3) is 5.91 Å². The molecule has 1 unspecified atom stereocenters. The van der Waals surface area contributed by atoms with E-state index in [1.165, 1.54) is 0 Å². The van der Waals surface area contributed by atoms with Gasteiger partial charge in [0, 0.05) is 0 Å². The summed E-state index contributed by atoms with van der Waals surface area (Å²) in [6.45, 7) is 5.35. The zero-order chi connectivity index (χ0) is 16.8. The molecule has 1 atom stereocenters. The maximum atomic E-state index is 12.1. The second-order valence-corrected chi connectivity index (χ2v) is 5.59. The minimum absolute atomic E-state index is 0.136. The van der Waals surface area contributed by atoms with Crippen LogP contribution in [0.25, 0.3) is 0 Å². The van der Waals surface area contributed by atoms with E-state index in [2.05, 4.69) is 5.32 Å². The molecule has 2 rings (SSSR count). The molecule has 0 heterocycles. The number of esters is 1. The number of benzene rings is 2. The van der Waals surface area contributed by atoms with Crippen LogP contribution < -0.4 is 5.32 Å². The zero-order valence-electron chi connectivity index (χ0n) is 13.6. The number of nitrogens with one attached hydrogen (secondary N) is 1. The van der Waals surface area contributed by atoms with E-state index in [0.717, 1.165) is 16.7 Å². The van der Waals surface area contributed by atoms with Gasteiger partial charge in [-0.05, 0) is 38.0 Å². The third-order valence-corrected chi connectivity index (χ3v) is 3.62. The summed E-state index contributed by atoms with van der Waals surface area (Å²) in [5, 5.41) is 2.81. The van der Waals surface area contributed by atoms with Crippen LogP contribution in [0.4, 0.5) is 0 Å². The Morgan fingerprint density at radius 3 is 2.48 bits per heavy atom. The maximum absolute atomic E-state index is 12.1. The van der Waals surface area contributed by atoms with Gasteiger partial charge in [0.05, 0.1) is 11.6 Å². The van der Waals surface area contributed by atoms with Crippen LogP contribution in [0.5, 0.6) is 0 Å². The van der Waals surface area contributed by atoms with E-state index in [9.17, 15) is 9.59 Å². The van der Waals surface area contributed by atoms with Crippen LogP contribution in [0, 0.1) is 13.8 Å². The number of rotatable bonds is 5. The van der Waals surface area contributed by atoms with E-state index in [1.54, 1.807) is 6.07 Å². The van der Waals surface area contributed by atoms with E-state index in [-0.39, 0.29) is 18.6 Å². The summed E-state index contributed by atoms with van der Waals surface area (Å²) >= 11 is 0. The van der Waals surface area contributed by atoms with Gasteiger partial charge in [-0.1, -0.05) is 48.0 Å². The summed E-state index contributed by atoms with van der Waals surface area (Å²) in [5.41, 5.74) is 3.30.